The van der Waals surface area contributed by atoms with Gasteiger partial charge in [-0.25, -0.2) is 4.98 Å². The van der Waals surface area contributed by atoms with E-state index in [-0.39, 0.29) is 12.0 Å². The molecule has 5 heteroatoms. The highest BCUT2D eigenvalue weighted by Gasteiger charge is 2.25. The molecule has 1 aromatic carbocycles. The van der Waals surface area contributed by atoms with Gasteiger partial charge in [-0.15, -0.1) is 0 Å². The van der Waals surface area contributed by atoms with E-state index in [4.69, 9.17) is 4.74 Å². The molecule has 26 heavy (non-hydrogen) atoms. The van der Waals surface area contributed by atoms with Gasteiger partial charge in [0.2, 0.25) is 0 Å². The van der Waals surface area contributed by atoms with Crippen LogP contribution in [-0.2, 0) is 0 Å². The SMILES string of the molecule is Cc1ccc(C)c(OC2CCN(C(=O)c3ccc(N(C)C)nc3)CC2)c1. The molecule has 2 aromatic rings. The molecule has 0 spiro atoms. The molecule has 1 amide bonds. The van der Waals surface area contributed by atoms with Crippen LogP contribution in [0.5, 0.6) is 5.75 Å². The second-order valence-corrected chi connectivity index (χ2v) is 7.18. The van der Waals surface area contributed by atoms with Crippen molar-refractivity contribution in [3.05, 3.63) is 53.2 Å². The number of ether oxygens (including phenoxy) is 1. The molecule has 0 N–H and O–H groups in total. The first kappa shape index (κ1) is 18.2. The first-order valence-corrected chi connectivity index (χ1v) is 9.10. The number of amides is 1. The number of nitrogens with zero attached hydrogens (tertiary/aromatic N) is 3. The van der Waals surface area contributed by atoms with Crippen molar-refractivity contribution in [3.63, 3.8) is 0 Å². The number of likely N-dealkylation sites (tertiary alicyclic amines) is 1. The second-order valence-electron chi connectivity index (χ2n) is 7.18. The van der Waals surface area contributed by atoms with E-state index in [0.29, 0.717) is 18.7 Å². The van der Waals surface area contributed by atoms with Crippen LogP contribution < -0.4 is 9.64 Å². The van der Waals surface area contributed by atoms with Crippen LogP contribution >= 0.6 is 0 Å². The van der Waals surface area contributed by atoms with E-state index in [1.165, 1.54) is 5.56 Å². The molecule has 0 atom stereocenters. The maximum atomic E-state index is 12.7. The standard InChI is InChI=1S/C21H27N3O2/c1-15-5-6-16(2)19(13-15)26-18-9-11-24(12-10-18)21(25)17-7-8-20(22-14-17)23(3)4/h5-8,13-14,18H,9-12H2,1-4H3. The van der Waals surface area contributed by atoms with Crippen molar-refractivity contribution in [2.24, 2.45) is 0 Å². The lowest BCUT2D eigenvalue weighted by Crippen LogP contribution is -2.41. The Bertz CT molecular complexity index is 763. The Morgan fingerprint density at radius 1 is 1.15 bits per heavy atom. The number of anilines is 1. The molecular formula is C21H27N3O2. The smallest absolute Gasteiger partial charge is 0.255 e. The summed E-state index contributed by atoms with van der Waals surface area (Å²) in [7, 11) is 3.87. The van der Waals surface area contributed by atoms with Crippen LogP contribution in [0.15, 0.2) is 36.5 Å². The number of carbonyl (C=O) groups excluding carboxylic acids is 1. The molecule has 0 saturated carbocycles. The quantitative estimate of drug-likeness (QED) is 0.845. The number of carbonyl (C=O) groups is 1. The minimum Gasteiger partial charge on any atom is -0.490 e. The third-order valence-corrected chi connectivity index (χ3v) is 4.82. The largest absolute Gasteiger partial charge is 0.490 e. The van der Waals surface area contributed by atoms with Gasteiger partial charge in [-0.1, -0.05) is 12.1 Å². The molecule has 1 saturated heterocycles. The molecule has 138 valence electrons. The lowest BCUT2D eigenvalue weighted by molar-refractivity contribution is 0.0594. The van der Waals surface area contributed by atoms with Crippen molar-refractivity contribution in [3.8, 4) is 5.75 Å². The zero-order chi connectivity index (χ0) is 18.7. The van der Waals surface area contributed by atoms with Crippen LogP contribution in [0.2, 0.25) is 0 Å². The van der Waals surface area contributed by atoms with Gasteiger partial charge in [0.1, 0.15) is 17.7 Å². The Labute approximate surface area is 155 Å². The van der Waals surface area contributed by atoms with Gasteiger partial charge in [-0.3, -0.25) is 4.79 Å². The van der Waals surface area contributed by atoms with Gasteiger partial charge in [0, 0.05) is 46.2 Å². The van der Waals surface area contributed by atoms with Gasteiger partial charge >= 0.3 is 0 Å². The van der Waals surface area contributed by atoms with Gasteiger partial charge in [-0.05, 0) is 43.2 Å². The minimum absolute atomic E-state index is 0.0491. The van der Waals surface area contributed by atoms with Crippen LogP contribution in [0.1, 0.15) is 34.3 Å². The zero-order valence-corrected chi connectivity index (χ0v) is 16.0. The highest BCUT2D eigenvalue weighted by molar-refractivity contribution is 5.94. The molecular weight excluding hydrogens is 326 g/mol. The zero-order valence-electron chi connectivity index (χ0n) is 16.0. The lowest BCUT2D eigenvalue weighted by atomic mass is 10.1. The maximum absolute atomic E-state index is 12.7. The number of benzene rings is 1. The summed E-state index contributed by atoms with van der Waals surface area (Å²) >= 11 is 0. The Morgan fingerprint density at radius 2 is 1.88 bits per heavy atom. The fourth-order valence-electron chi connectivity index (χ4n) is 3.15. The molecule has 1 aliphatic rings. The molecule has 5 nitrogen and oxygen atoms in total. The van der Waals surface area contributed by atoms with Crippen molar-refractivity contribution in [2.75, 3.05) is 32.1 Å². The summed E-state index contributed by atoms with van der Waals surface area (Å²) in [5.74, 6) is 1.86. The summed E-state index contributed by atoms with van der Waals surface area (Å²) in [5, 5.41) is 0. The lowest BCUT2D eigenvalue weighted by Gasteiger charge is -2.32. The number of piperidine rings is 1. The number of aryl methyl sites for hydroxylation is 2. The fraction of sp³-hybridized carbons (Fsp3) is 0.429. The van der Waals surface area contributed by atoms with E-state index in [9.17, 15) is 4.79 Å². The van der Waals surface area contributed by atoms with Crippen molar-refractivity contribution < 1.29 is 9.53 Å². The summed E-state index contributed by atoms with van der Waals surface area (Å²) in [5.41, 5.74) is 3.00. The average molecular weight is 353 g/mol. The van der Waals surface area contributed by atoms with E-state index in [1.54, 1.807) is 6.20 Å². The second kappa shape index (κ2) is 7.77. The molecule has 1 fully saturated rings. The van der Waals surface area contributed by atoms with E-state index < -0.39 is 0 Å². The Kier molecular flexibility index (Phi) is 5.45. The molecule has 0 radical (unpaired) electrons. The minimum atomic E-state index is 0.0491. The highest BCUT2D eigenvalue weighted by atomic mass is 16.5. The van der Waals surface area contributed by atoms with Crippen LogP contribution in [0.3, 0.4) is 0 Å². The first-order chi connectivity index (χ1) is 12.4. The van der Waals surface area contributed by atoms with Crippen LogP contribution in [0.4, 0.5) is 5.82 Å². The van der Waals surface area contributed by atoms with E-state index in [0.717, 1.165) is 30.0 Å². The molecule has 3 rings (SSSR count). The monoisotopic (exact) mass is 353 g/mol. The molecule has 2 heterocycles. The number of aromatic nitrogens is 1. The van der Waals surface area contributed by atoms with Crippen molar-refractivity contribution >= 4 is 11.7 Å². The highest BCUT2D eigenvalue weighted by Crippen LogP contribution is 2.24. The fourth-order valence-corrected chi connectivity index (χ4v) is 3.15. The van der Waals surface area contributed by atoms with Gasteiger partial charge in [-0.2, -0.15) is 0 Å². The molecule has 1 aromatic heterocycles. The average Bonchev–Trinajstić information content (AvgIpc) is 2.65. The topological polar surface area (TPSA) is 45.7 Å². The molecule has 0 bridgehead atoms. The third-order valence-electron chi connectivity index (χ3n) is 4.82. The molecule has 0 aliphatic carbocycles. The van der Waals surface area contributed by atoms with Gasteiger partial charge in [0.25, 0.3) is 5.91 Å². The molecule has 0 unspecified atom stereocenters. The summed E-state index contributed by atoms with van der Waals surface area (Å²) in [4.78, 5) is 20.8. The summed E-state index contributed by atoms with van der Waals surface area (Å²) < 4.78 is 6.19. The Balaban J connectivity index is 1.57. The number of rotatable bonds is 4. The van der Waals surface area contributed by atoms with Crippen LogP contribution in [0, 0.1) is 13.8 Å². The predicted octanol–water partition coefficient (Wildman–Crippen LogP) is 3.45. The Morgan fingerprint density at radius 3 is 2.50 bits per heavy atom. The Hall–Kier alpha value is -2.56. The normalized spacial score (nSPS) is 15.0. The number of hydrogen-bond donors (Lipinski definition) is 0. The predicted molar refractivity (Wildman–Crippen MR) is 104 cm³/mol. The van der Waals surface area contributed by atoms with Crippen molar-refractivity contribution in [1.29, 1.82) is 0 Å². The maximum Gasteiger partial charge on any atom is 0.255 e. The first-order valence-electron chi connectivity index (χ1n) is 9.10. The van der Waals surface area contributed by atoms with Gasteiger partial charge in [0.15, 0.2) is 0 Å². The van der Waals surface area contributed by atoms with Crippen molar-refractivity contribution in [1.82, 2.24) is 9.88 Å². The number of hydrogen-bond acceptors (Lipinski definition) is 4. The van der Waals surface area contributed by atoms with Crippen molar-refractivity contribution in [2.45, 2.75) is 32.8 Å². The van der Waals surface area contributed by atoms with E-state index in [1.807, 2.05) is 36.0 Å². The van der Waals surface area contributed by atoms with Gasteiger partial charge in [0.05, 0.1) is 5.56 Å². The molecule has 1 aliphatic heterocycles. The van der Waals surface area contributed by atoms with Gasteiger partial charge < -0.3 is 14.5 Å². The summed E-state index contributed by atoms with van der Waals surface area (Å²) in [6.07, 6.45) is 3.52. The van der Waals surface area contributed by atoms with Crippen LogP contribution in [0.25, 0.3) is 0 Å². The van der Waals surface area contributed by atoms with Crippen LogP contribution in [-0.4, -0.2) is 49.1 Å². The number of pyridine rings is 1. The van der Waals surface area contributed by atoms with E-state index in [2.05, 4.69) is 37.0 Å². The summed E-state index contributed by atoms with van der Waals surface area (Å²) in [6, 6.07) is 10.0. The summed E-state index contributed by atoms with van der Waals surface area (Å²) in [6.45, 7) is 5.56. The third kappa shape index (κ3) is 4.15. The van der Waals surface area contributed by atoms with E-state index >= 15 is 0 Å².